The second kappa shape index (κ2) is 6.52. The van der Waals surface area contributed by atoms with Crippen molar-refractivity contribution in [2.45, 2.75) is 13.3 Å². The van der Waals surface area contributed by atoms with Crippen molar-refractivity contribution in [1.29, 1.82) is 0 Å². The minimum absolute atomic E-state index is 0.0125. The Labute approximate surface area is 98.6 Å². The van der Waals surface area contributed by atoms with Crippen LogP contribution in [0.5, 0.6) is 0 Å². The maximum absolute atomic E-state index is 12.9. The summed E-state index contributed by atoms with van der Waals surface area (Å²) in [5, 5.41) is 2.64. The van der Waals surface area contributed by atoms with Crippen molar-refractivity contribution in [1.82, 2.24) is 10.3 Å². The highest BCUT2D eigenvalue weighted by Crippen LogP contribution is 2.06. The molecule has 0 aliphatic heterocycles. The third-order valence-corrected chi connectivity index (χ3v) is 2.01. The van der Waals surface area contributed by atoms with Crippen molar-refractivity contribution in [2.75, 3.05) is 6.54 Å². The standard InChI is InChI=1S/C12H13FN2O2/c1-9(17)14-5-3-2-4-11-6-10(8-16)12(13)7-15-11/h2,4,6-8H,3,5H2,1H3,(H,14,17). The number of nitrogens with zero attached hydrogens (tertiary/aromatic N) is 1. The minimum Gasteiger partial charge on any atom is -0.356 e. The molecule has 1 aromatic heterocycles. The van der Waals surface area contributed by atoms with Gasteiger partial charge in [0.05, 0.1) is 17.5 Å². The number of rotatable bonds is 5. The zero-order valence-electron chi connectivity index (χ0n) is 9.44. The van der Waals surface area contributed by atoms with Gasteiger partial charge in [0, 0.05) is 13.5 Å². The van der Waals surface area contributed by atoms with E-state index in [0.29, 0.717) is 24.9 Å². The average Bonchev–Trinajstić information content (AvgIpc) is 2.30. The fourth-order valence-electron chi connectivity index (χ4n) is 1.19. The SMILES string of the molecule is CC(=O)NCCC=Cc1cc(C=O)c(F)cn1. The van der Waals surface area contributed by atoms with Crippen molar-refractivity contribution in [2.24, 2.45) is 0 Å². The lowest BCUT2D eigenvalue weighted by Crippen LogP contribution is -2.20. The van der Waals surface area contributed by atoms with Gasteiger partial charge in [0.25, 0.3) is 0 Å². The quantitative estimate of drug-likeness (QED) is 0.623. The van der Waals surface area contributed by atoms with Gasteiger partial charge >= 0.3 is 0 Å². The minimum atomic E-state index is -0.629. The predicted octanol–water partition coefficient (Wildman–Crippen LogP) is 1.57. The smallest absolute Gasteiger partial charge is 0.216 e. The number of carbonyl (C=O) groups is 2. The number of hydrogen-bond donors (Lipinski definition) is 1. The molecule has 1 N–H and O–H groups in total. The van der Waals surface area contributed by atoms with Crippen LogP contribution in [0.2, 0.25) is 0 Å². The molecule has 0 spiro atoms. The molecule has 0 aliphatic carbocycles. The molecule has 5 heteroatoms. The molecule has 0 bridgehead atoms. The lowest BCUT2D eigenvalue weighted by atomic mass is 10.2. The van der Waals surface area contributed by atoms with Gasteiger partial charge in [0.15, 0.2) is 12.1 Å². The molecule has 0 unspecified atom stereocenters. The summed E-state index contributed by atoms with van der Waals surface area (Å²) in [6, 6.07) is 1.37. The third-order valence-electron chi connectivity index (χ3n) is 2.01. The molecule has 0 saturated heterocycles. The van der Waals surface area contributed by atoms with E-state index in [1.807, 2.05) is 0 Å². The molecule has 1 rings (SSSR count). The van der Waals surface area contributed by atoms with Crippen LogP contribution >= 0.6 is 0 Å². The first-order valence-corrected chi connectivity index (χ1v) is 5.15. The van der Waals surface area contributed by atoms with Crippen LogP contribution in [0.25, 0.3) is 6.08 Å². The molecule has 90 valence electrons. The Morgan fingerprint density at radius 3 is 3.00 bits per heavy atom. The van der Waals surface area contributed by atoms with Crippen LogP contribution in [0, 0.1) is 5.82 Å². The van der Waals surface area contributed by atoms with Crippen molar-refractivity contribution in [3.05, 3.63) is 35.4 Å². The van der Waals surface area contributed by atoms with Crippen molar-refractivity contribution in [3.63, 3.8) is 0 Å². The summed E-state index contributed by atoms with van der Waals surface area (Å²) in [5.41, 5.74) is 0.498. The normalized spacial score (nSPS) is 10.5. The van der Waals surface area contributed by atoms with Crippen LogP contribution in [0.4, 0.5) is 4.39 Å². The molecule has 1 amide bonds. The molecule has 0 fully saturated rings. The van der Waals surface area contributed by atoms with Crippen LogP contribution in [0.15, 0.2) is 18.3 Å². The summed E-state index contributed by atoms with van der Waals surface area (Å²) >= 11 is 0. The predicted molar refractivity (Wildman–Crippen MR) is 61.9 cm³/mol. The molecule has 1 heterocycles. The van der Waals surface area contributed by atoms with Gasteiger partial charge in [-0.25, -0.2) is 4.39 Å². The van der Waals surface area contributed by atoms with Gasteiger partial charge in [-0.05, 0) is 18.6 Å². The van der Waals surface area contributed by atoms with E-state index in [1.165, 1.54) is 13.0 Å². The molecule has 0 saturated carbocycles. The maximum atomic E-state index is 12.9. The number of pyridine rings is 1. The first kappa shape index (κ1) is 13.0. The Kier molecular flexibility index (Phi) is 5.00. The van der Waals surface area contributed by atoms with Crippen LogP contribution in [0.3, 0.4) is 0 Å². The first-order valence-electron chi connectivity index (χ1n) is 5.15. The van der Waals surface area contributed by atoms with Crippen LogP contribution in [0.1, 0.15) is 29.4 Å². The van der Waals surface area contributed by atoms with Crippen LogP contribution in [-0.2, 0) is 4.79 Å². The van der Waals surface area contributed by atoms with Crippen molar-refractivity contribution < 1.29 is 14.0 Å². The molecule has 0 atom stereocenters. The van der Waals surface area contributed by atoms with E-state index < -0.39 is 5.82 Å². The number of carbonyl (C=O) groups excluding carboxylic acids is 2. The summed E-state index contributed by atoms with van der Waals surface area (Å²) < 4.78 is 12.9. The lowest BCUT2D eigenvalue weighted by molar-refractivity contribution is -0.118. The molecular formula is C12H13FN2O2. The molecule has 1 aromatic rings. The molecule has 0 radical (unpaired) electrons. The van der Waals surface area contributed by atoms with E-state index in [4.69, 9.17) is 0 Å². The van der Waals surface area contributed by atoms with E-state index in [9.17, 15) is 14.0 Å². The van der Waals surface area contributed by atoms with Gasteiger partial charge in [-0.3, -0.25) is 14.6 Å². The lowest BCUT2D eigenvalue weighted by Gasteiger charge is -1.98. The van der Waals surface area contributed by atoms with E-state index in [1.54, 1.807) is 12.2 Å². The average molecular weight is 236 g/mol. The van der Waals surface area contributed by atoms with Crippen LogP contribution in [-0.4, -0.2) is 23.7 Å². The Bertz CT molecular complexity index is 444. The fraction of sp³-hybridized carbons (Fsp3) is 0.250. The Balaban J connectivity index is 2.53. The van der Waals surface area contributed by atoms with Gasteiger partial charge in [-0.1, -0.05) is 6.08 Å². The second-order valence-corrected chi connectivity index (χ2v) is 3.42. The molecule has 4 nitrogen and oxygen atoms in total. The number of aromatic nitrogens is 1. The highest BCUT2D eigenvalue weighted by molar-refractivity contribution is 5.76. The molecular weight excluding hydrogens is 223 g/mol. The maximum Gasteiger partial charge on any atom is 0.216 e. The number of nitrogens with one attached hydrogen (secondary N) is 1. The van der Waals surface area contributed by atoms with Gasteiger partial charge < -0.3 is 5.32 Å². The Hall–Kier alpha value is -2.04. The Morgan fingerprint density at radius 1 is 1.59 bits per heavy atom. The molecule has 0 aromatic carbocycles. The van der Waals surface area contributed by atoms with E-state index >= 15 is 0 Å². The second-order valence-electron chi connectivity index (χ2n) is 3.42. The zero-order valence-corrected chi connectivity index (χ0v) is 9.44. The number of amides is 1. The van der Waals surface area contributed by atoms with Gasteiger partial charge in [0.1, 0.15) is 0 Å². The summed E-state index contributed by atoms with van der Waals surface area (Å²) in [7, 11) is 0. The summed E-state index contributed by atoms with van der Waals surface area (Å²) in [6.45, 7) is 1.98. The van der Waals surface area contributed by atoms with E-state index in [0.717, 1.165) is 6.20 Å². The van der Waals surface area contributed by atoms with Crippen molar-refractivity contribution in [3.8, 4) is 0 Å². The number of halogens is 1. The molecule has 17 heavy (non-hydrogen) atoms. The molecule has 0 aliphatic rings. The van der Waals surface area contributed by atoms with E-state index in [2.05, 4.69) is 10.3 Å². The topological polar surface area (TPSA) is 59.1 Å². The van der Waals surface area contributed by atoms with Crippen LogP contribution < -0.4 is 5.32 Å². The fourth-order valence-corrected chi connectivity index (χ4v) is 1.19. The summed E-state index contributed by atoms with van der Waals surface area (Å²) in [4.78, 5) is 24.9. The van der Waals surface area contributed by atoms with Gasteiger partial charge in [0.2, 0.25) is 5.91 Å². The largest absolute Gasteiger partial charge is 0.356 e. The zero-order chi connectivity index (χ0) is 12.7. The third kappa shape index (κ3) is 4.55. The van der Waals surface area contributed by atoms with Crippen molar-refractivity contribution >= 4 is 18.3 Å². The monoisotopic (exact) mass is 236 g/mol. The highest BCUT2D eigenvalue weighted by atomic mass is 19.1. The highest BCUT2D eigenvalue weighted by Gasteiger charge is 2.01. The van der Waals surface area contributed by atoms with E-state index in [-0.39, 0.29) is 11.5 Å². The number of hydrogen-bond acceptors (Lipinski definition) is 3. The van der Waals surface area contributed by atoms with Gasteiger partial charge in [-0.15, -0.1) is 0 Å². The first-order chi connectivity index (χ1) is 8.13. The summed E-state index contributed by atoms with van der Waals surface area (Å²) in [6.07, 6.45) is 5.58. The number of aldehydes is 1. The Morgan fingerprint density at radius 2 is 2.35 bits per heavy atom. The summed E-state index contributed by atoms with van der Waals surface area (Å²) in [5.74, 6) is -0.711. The van der Waals surface area contributed by atoms with Gasteiger partial charge in [-0.2, -0.15) is 0 Å².